The molecule has 0 aromatic heterocycles. The molecule has 0 aromatic rings. The van der Waals surface area contributed by atoms with Crippen LogP contribution in [-0.4, -0.2) is 52.9 Å². The molecule has 5 heteroatoms. The maximum absolute atomic E-state index is 11.3. The van der Waals surface area contributed by atoms with Crippen molar-refractivity contribution in [2.24, 2.45) is 11.1 Å². The highest BCUT2D eigenvalue weighted by Crippen LogP contribution is 2.58. The van der Waals surface area contributed by atoms with Crippen molar-refractivity contribution in [2.75, 3.05) is 20.3 Å². The Bertz CT molecular complexity index is 369. The van der Waals surface area contributed by atoms with Crippen molar-refractivity contribution in [3.05, 3.63) is 0 Å². The monoisotopic (exact) mass is 289 g/mol. The van der Waals surface area contributed by atoms with Gasteiger partial charge in [-0.15, -0.1) is 0 Å². The summed E-state index contributed by atoms with van der Waals surface area (Å²) in [6, 6.07) is 0. The Morgan fingerprint density at radius 2 is 1.60 bits per heavy atom. The van der Waals surface area contributed by atoms with Crippen molar-refractivity contribution in [2.45, 2.75) is 70.3 Å². The van der Waals surface area contributed by atoms with Crippen LogP contribution in [0.3, 0.4) is 0 Å². The van der Waals surface area contributed by atoms with Gasteiger partial charge in [0.2, 0.25) is 0 Å². The first-order chi connectivity index (χ1) is 8.89. The SMILES string of the molecule is CCC1(C)C(C)(CO)OC(C)(COC)C(C)(N)C1(C)O. The van der Waals surface area contributed by atoms with Crippen LogP contribution in [0.5, 0.6) is 0 Å². The predicted octanol–water partition coefficient (Wildman–Crippen LogP) is 1.06. The highest BCUT2D eigenvalue weighted by Gasteiger charge is 2.71. The third-order valence-electron chi connectivity index (χ3n) is 6.23. The van der Waals surface area contributed by atoms with E-state index in [2.05, 4.69) is 0 Å². The Morgan fingerprint density at radius 3 is 1.95 bits per heavy atom. The molecule has 0 saturated carbocycles. The minimum Gasteiger partial charge on any atom is -0.393 e. The van der Waals surface area contributed by atoms with E-state index < -0.39 is 27.8 Å². The van der Waals surface area contributed by atoms with Crippen molar-refractivity contribution in [3.8, 4) is 0 Å². The molecule has 4 N–H and O–H groups in total. The van der Waals surface area contributed by atoms with Gasteiger partial charge >= 0.3 is 0 Å². The average molecular weight is 289 g/mol. The molecule has 5 atom stereocenters. The van der Waals surface area contributed by atoms with Crippen LogP contribution in [0.1, 0.15) is 48.0 Å². The fraction of sp³-hybridized carbons (Fsp3) is 1.00. The largest absolute Gasteiger partial charge is 0.393 e. The van der Waals surface area contributed by atoms with Crippen LogP contribution in [0.4, 0.5) is 0 Å². The van der Waals surface area contributed by atoms with Gasteiger partial charge in [-0.3, -0.25) is 0 Å². The summed E-state index contributed by atoms with van der Waals surface area (Å²) in [6.07, 6.45) is 0.632. The molecule has 1 aliphatic rings. The van der Waals surface area contributed by atoms with E-state index >= 15 is 0 Å². The van der Waals surface area contributed by atoms with Crippen molar-refractivity contribution >= 4 is 0 Å². The summed E-state index contributed by atoms with van der Waals surface area (Å²) in [4.78, 5) is 0. The molecule has 20 heavy (non-hydrogen) atoms. The third-order valence-corrected chi connectivity index (χ3v) is 6.23. The zero-order valence-corrected chi connectivity index (χ0v) is 13.9. The smallest absolute Gasteiger partial charge is 0.110 e. The summed E-state index contributed by atoms with van der Waals surface area (Å²) in [6.45, 7) is 11.1. The third kappa shape index (κ3) is 1.87. The predicted molar refractivity (Wildman–Crippen MR) is 78.5 cm³/mol. The number of ether oxygens (including phenoxy) is 2. The lowest BCUT2D eigenvalue weighted by Gasteiger charge is -2.68. The number of nitrogens with two attached hydrogens (primary N) is 1. The highest BCUT2D eigenvalue weighted by molar-refractivity contribution is 5.24. The zero-order valence-electron chi connectivity index (χ0n) is 13.9. The molecule has 0 aliphatic carbocycles. The normalized spacial score (nSPS) is 53.1. The molecular weight excluding hydrogens is 258 g/mol. The first-order valence-corrected chi connectivity index (χ1v) is 7.20. The minimum atomic E-state index is -1.24. The lowest BCUT2D eigenvalue weighted by atomic mass is 9.50. The Morgan fingerprint density at radius 1 is 1.10 bits per heavy atom. The van der Waals surface area contributed by atoms with Gasteiger partial charge in [-0.2, -0.15) is 0 Å². The summed E-state index contributed by atoms with van der Waals surface area (Å²) < 4.78 is 11.5. The number of hydrogen-bond acceptors (Lipinski definition) is 5. The van der Waals surface area contributed by atoms with Crippen molar-refractivity contribution in [1.29, 1.82) is 0 Å². The molecule has 1 fully saturated rings. The van der Waals surface area contributed by atoms with Crippen molar-refractivity contribution in [3.63, 3.8) is 0 Å². The summed E-state index contributed by atoms with van der Waals surface area (Å²) in [5.74, 6) is 0. The Balaban J connectivity index is 3.52. The molecule has 0 radical (unpaired) electrons. The maximum atomic E-state index is 11.3. The molecule has 1 aliphatic heterocycles. The number of aliphatic hydroxyl groups is 2. The summed E-state index contributed by atoms with van der Waals surface area (Å²) in [5, 5.41) is 21.2. The molecule has 0 aromatic carbocycles. The fourth-order valence-corrected chi connectivity index (χ4v) is 3.70. The van der Waals surface area contributed by atoms with Gasteiger partial charge in [0, 0.05) is 12.5 Å². The quantitative estimate of drug-likeness (QED) is 0.720. The van der Waals surface area contributed by atoms with Crippen LogP contribution < -0.4 is 5.73 Å². The van der Waals surface area contributed by atoms with Gasteiger partial charge in [0.25, 0.3) is 0 Å². The van der Waals surface area contributed by atoms with Crippen LogP contribution in [0.15, 0.2) is 0 Å². The molecule has 1 saturated heterocycles. The number of rotatable bonds is 4. The summed E-state index contributed by atoms with van der Waals surface area (Å²) >= 11 is 0. The molecule has 0 spiro atoms. The lowest BCUT2D eigenvalue weighted by molar-refractivity contribution is -0.351. The molecule has 1 heterocycles. The second-order valence-corrected chi connectivity index (χ2v) is 7.12. The van der Waals surface area contributed by atoms with E-state index in [9.17, 15) is 10.2 Å². The van der Waals surface area contributed by atoms with E-state index in [4.69, 9.17) is 15.2 Å². The van der Waals surface area contributed by atoms with E-state index in [-0.39, 0.29) is 13.2 Å². The van der Waals surface area contributed by atoms with Crippen LogP contribution >= 0.6 is 0 Å². The van der Waals surface area contributed by atoms with Crippen LogP contribution in [-0.2, 0) is 9.47 Å². The zero-order chi connectivity index (χ0) is 16.0. The van der Waals surface area contributed by atoms with Crippen LogP contribution in [0.2, 0.25) is 0 Å². The van der Waals surface area contributed by atoms with Gasteiger partial charge in [0.05, 0.1) is 30.0 Å². The van der Waals surface area contributed by atoms with E-state index in [1.165, 1.54) is 0 Å². The molecule has 5 unspecified atom stereocenters. The molecule has 0 bridgehead atoms. The topological polar surface area (TPSA) is 84.9 Å². The van der Waals surface area contributed by atoms with Crippen molar-refractivity contribution in [1.82, 2.24) is 0 Å². The van der Waals surface area contributed by atoms with Gasteiger partial charge in [0.15, 0.2) is 0 Å². The highest BCUT2D eigenvalue weighted by atomic mass is 16.6. The minimum absolute atomic E-state index is 0.192. The number of hydrogen-bond donors (Lipinski definition) is 3. The molecular formula is C15H31NO4. The van der Waals surface area contributed by atoms with Gasteiger partial charge in [-0.1, -0.05) is 13.8 Å². The lowest BCUT2D eigenvalue weighted by Crippen LogP contribution is -2.84. The van der Waals surface area contributed by atoms with E-state index in [0.717, 1.165) is 0 Å². The van der Waals surface area contributed by atoms with Crippen LogP contribution in [0, 0.1) is 5.41 Å². The van der Waals surface area contributed by atoms with Crippen molar-refractivity contribution < 1.29 is 19.7 Å². The second-order valence-electron chi connectivity index (χ2n) is 7.12. The van der Waals surface area contributed by atoms with Gasteiger partial charge in [0.1, 0.15) is 5.60 Å². The van der Waals surface area contributed by atoms with Gasteiger partial charge in [-0.25, -0.2) is 0 Å². The van der Waals surface area contributed by atoms with Gasteiger partial charge in [-0.05, 0) is 34.1 Å². The van der Waals surface area contributed by atoms with E-state index in [0.29, 0.717) is 6.42 Å². The fourth-order valence-electron chi connectivity index (χ4n) is 3.70. The van der Waals surface area contributed by atoms with Crippen LogP contribution in [0.25, 0.3) is 0 Å². The molecule has 0 amide bonds. The molecule has 1 rings (SSSR count). The summed E-state index contributed by atoms with van der Waals surface area (Å²) in [5.41, 5.74) is 1.74. The Labute approximate surface area is 122 Å². The Hall–Kier alpha value is -0.200. The molecule has 5 nitrogen and oxygen atoms in total. The van der Waals surface area contributed by atoms with E-state index in [1.54, 1.807) is 21.0 Å². The van der Waals surface area contributed by atoms with E-state index in [1.807, 2.05) is 27.7 Å². The first kappa shape index (κ1) is 17.9. The van der Waals surface area contributed by atoms with Gasteiger partial charge < -0.3 is 25.4 Å². The number of methoxy groups -OCH3 is 1. The molecule has 120 valence electrons. The summed E-state index contributed by atoms with van der Waals surface area (Å²) in [7, 11) is 1.57. The second kappa shape index (κ2) is 4.92. The standard InChI is InChI=1S/C15H31NO4/c1-8-11(2)12(3,9-17)20-13(4,10-19-7)14(5,16)15(11,6)18/h17-18H,8-10,16H2,1-7H3. The first-order valence-electron chi connectivity index (χ1n) is 7.20. The Kier molecular flexibility index (Phi) is 4.39. The average Bonchev–Trinajstić information content (AvgIpc) is 2.35. The maximum Gasteiger partial charge on any atom is 0.110 e. The number of aliphatic hydroxyl groups excluding tert-OH is 1.